The van der Waals surface area contributed by atoms with Gasteiger partial charge in [0.05, 0.1) is 34.3 Å². The number of pyridine rings is 2. The quantitative estimate of drug-likeness (QED) is 0.454. The average Bonchev–Trinajstić information content (AvgIpc) is 3.22. The SMILES string of the molecule is Cc1nc(-c2cccnc2)sc1-c1ccc2c(n1)C(=N)CCC2.OCc1ccccc1. The van der Waals surface area contributed by atoms with Gasteiger partial charge in [0.15, 0.2) is 0 Å². The molecule has 3 heterocycles. The minimum Gasteiger partial charge on any atom is -0.392 e. The second-order valence-electron chi connectivity index (χ2n) is 7.36. The molecule has 156 valence electrons. The van der Waals surface area contributed by atoms with Crippen LogP contribution in [0.2, 0.25) is 0 Å². The maximum absolute atomic E-state index is 8.54. The molecule has 0 spiro atoms. The standard InChI is InChI=1S/C18H16N4S.C7H8O/c1-11-17(23-18(21-11)13-5-3-9-20-10-13)15-8-7-12-4-2-6-14(19)16(12)22-15;8-6-7-4-2-1-3-5-7/h3,5,7-10,19H,2,4,6H2,1H3;1-5,8H,6H2. The van der Waals surface area contributed by atoms with Gasteiger partial charge in [0, 0.05) is 18.0 Å². The van der Waals surface area contributed by atoms with Gasteiger partial charge < -0.3 is 10.5 Å². The van der Waals surface area contributed by atoms with Crippen molar-refractivity contribution in [2.75, 3.05) is 0 Å². The third-order valence-electron chi connectivity index (χ3n) is 5.10. The summed E-state index contributed by atoms with van der Waals surface area (Å²) < 4.78 is 0. The number of benzene rings is 1. The van der Waals surface area contributed by atoms with Crippen molar-refractivity contribution in [2.45, 2.75) is 32.8 Å². The number of aliphatic hydroxyl groups excluding tert-OH is 1. The van der Waals surface area contributed by atoms with Crippen LogP contribution in [0.25, 0.3) is 21.1 Å². The minimum absolute atomic E-state index is 0.140. The first-order chi connectivity index (χ1) is 15.2. The van der Waals surface area contributed by atoms with Gasteiger partial charge in [-0.25, -0.2) is 9.97 Å². The van der Waals surface area contributed by atoms with Crippen LogP contribution in [-0.2, 0) is 13.0 Å². The summed E-state index contributed by atoms with van der Waals surface area (Å²) in [6.45, 7) is 2.15. The molecule has 6 heteroatoms. The maximum Gasteiger partial charge on any atom is 0.125 e. The predicted molar refractivity (Wildman–Crippen MR) is 125 cm³/mol. The molecular formula is C25H24N4OS. The number of aryl methyl sites for hydroxylation is 2. The number of rotatable bonds is 3. The molecule has 0 bridgehead atoms. The van der Waals surface area contributed by atoms with Gasteiger partial charge in [0.25, 0.3) is 0 Å². The first-order valence-electron chi connectivity index (χ1n) is 10.3. The molecule has 0 amide bonds. The van der Waals surface area contributed by atoms with Gasteiger partial charge in [-0.1, -0.05) is 36.4 Å². The molecule has 0 aliphatic heterocycles. The molecule has 1 aromatic carbocycles. The Morgan fingerprint density at radius 2 is 1.84 bits per heavy atom. The third kappa shape index (κ3) is 4.93. The predicted octanol–water partition coefficient (Wildman–Crippen LogP) is 5.46. The molecule has 0 unspecified atom stereocenters. The number of nitrogens with zero attached hydrogens (tertiary/aromatic N) is 3. The summed E-state index contributed by atoms with van der Waals surface area (Å²) in [6.07, 6.45) is 6.50. The molecule has 0 fully saturated rings. The van der Waals surface area contributed by atoms with Crippen LogP contribution in [0.4, 0.5) is 0 Å². The van der Waals surface area contributed by atoms with E-state index in [4.69, 9.17) is 15.5 Å². The molecule has 5 nitrogen and oxygen atoms in total. The van der Waals surface area contributed by atoms with Gasteiger partial charge in [-0.2, -0.15) is 0 Å². The molecule has 0 atom stereocenters. The highest BCUT2D eigenvalue weighted by atomic mass is 32.1. The highest BCUT2D eigenvalue weighted by Crippen LogP contribution is 2.35. The molecule has 3 aromatic heterocycles. The smallest absolute Gasteiger partial charge is 0.125 e. The van der Waals surface area contributed by atoms with Crippen molar-refractivity contribution in [3.63, 3.8) is 0 Å². The Hall–Kier alpha value is -3.22. The van der Waals surface area contributed by atoms with E-state index in [2.05, 4.69) is 22.1 Å². The lowest BCUT2D eigenvalue weighted by Gasteiger charge is -2.16. The highest BCUT2D eigenvalue weighted by Gasteiger charge is 2.19. The zero-order valence-corrected chi connectivity index (χ0v) is 18.2. The summed E-state index contributed by atoms with van der Waals surface area (Å²) in [4.78, 5) is 14.7. The molecule has 0 saturated heterocycles. The summed E-state index contributed by atoms with van der Waals surface area (Å²) in [5, 5.41) is 17.6. The maximum atomic E-state index is 8.54. The number of hydrogen-bond donors (Lipinski definition) is 2. The lowest BCUT2D eigenvalue weighted by molar-refractivity contribution is 0.282. The molecule has 31 heavy (non-hydrogen) atoms. The molecule has 1 aliphatic carbocycles. The van der Waals surface area contributed by atoms with E-state index in [-0.39, 0.29) is 6.61 Å². The molecule has 2 N–H and O–H groups in total. The fraction of sp³-hybridized carbons (Fsp3) is 0.200. The van der Waals surface area contributed by atoms with E-state index in [9.17, 15) is 0 Å². The van der Waals surface area contributed by atoms with Crippen molar-refractivity contribution in [2.24, 2.45) is 0 Å². The van der Waals surface area contributed by atoms with Crippen molar-refractivity contribution in [3.05, 3.63) is 89.5 Å². The van der Waals surface area contributed by atoms with Crippen molar-refractivity contribution < 1.29 is 5.11 Å². The molecular weight excluding hydrogens is 404 g/mol. The van der Waals surface area contributed by atoms with Gasteiger partial charge in [0.2, 0.25) is 0 Å². The van der Waals surface area contributed by atoms with Gasteiger partial charge in [-0.05, 0) is 55.5 Å². The van der Waals surface area contributed by atoms with Gasteiger partial charge in [0.1, 0.15) is 5.01 Å². The Labute approximate surface area is 186 Å². The number of fused-ring (bicyclic) bond motifs is 1. The van der Waals surface area contributed by atoms with Gasteiger partial charge in [-0.15, -0.1) is 11.3 Å². The third-order valence-corrected chi connectivity index (χ3v) is 6.33. The van der Waals surface area contributed by atoms with Crippen LogP contribution in [0.15, 0.2) is 67.0 Å². The Bertz CT molecular complexity index is 1170. The van der Waals surface area contributed by atoms with Crippen LogP contribution in [0, 0.1) is 12.3 Å². The molecule has 0 saturated carbocycles. The summed E-state index contributed by atoms with van der Waals surface area (Å²) in [7, 11) is 0. The first kappa shape index (κ1) is 21.0. The fourth-order valence-electron chi connectivity index (χ4n) is 3.48. The molecule has 4 aromatic rings. The average molecular weight is 429 g/mol. The zero-order valence-electron chi connectivity index (χ0n) is 17.4. The number of aromatic nitrogens is 3. The highest BCUT2D eigenvalue weighted by molar-refractivity contribution is 7.18. The largest absolute Gasteiger partial charge is 0.392 e. The minimum atomic E-state index is 0.140. The summed E-state index contributed by atoms with van der Waals surface area (Å²) in [6, 6.07) is 17.6. The van der Waals surface area contributed by atoms with Crippen molar-refractivity contribution in [1.29, 1.82) is 5.41 Å². The zero-order chi connectivity index (χ0) is 21.6. The Morgan fingerprint density at radius 3 is 2.55 bits per heavy atom. The summed E-state index contributed by atoms with van der Waals surface area (Å²) in [5.74, 6) is 0. The van der Waals surface area contributed by atoms with Crippen LogP contribution < -0.4 is 0 Å². The monoisotopic (exact) mass is 428 g/mol. The van der Waals surface area contributed by atoms with E-state index >= 15 is 0 Å². The Kier molecular flexibility index (Phi) is 6.60. The molecule has 5 rings (SSSR count). The van der Waals surface area contributed by atoms with Gasteiger partial charge in [-0.3, -0.25) is 4.98 Å². The van der Waals surface area contributed by atoms with Crippen LogP contribution >= 0.6 is 11.3 Å². The first-order valence-corrected chi connectivity index (χ1v) is 11.1. The lowest BCUT2D eigenvalue weighted by Crippen LogP contribution is -2.13. The lowest BCUT2D eigenvalue weighted by atomic mass is 9.94. The van der Waals surface area contributed by atoms with Gasteiger partial charge >= 0.3 is 0 Å². The van der Waals surface area contributed by atoms with E-state index < -0.39 is 0 Å². The number of aliphatic hydroxyl groups is 1. The van der Waals surface area contributed by atoms with Crippen molar-refractivity contribution in [1.82, 2.24) is 15.0 Å². The number of hydrogen-bond acceptors (Lipinski definition) is 6. The number of thiazole rings is 1. The molecule has 0 radical (unpaired) electrons. The molecule has 1 aliphatic rings. The normalized spacial score (nSPS) is 12.6. The van der Waals surface area contributed by atoms with E-state index in [1.807, 2.05) is 55.6 Å². The van der Waals surface area contributed by atoms with Crippen LogP contribution in [0.1, 0.15) is 35.4 Å². The summed E-state index contributed by atoms with van der Waals surface area (Å²) in [5.41, 5.74) is 6.60. The Morgan fingerprint density at radius 1 is 1.00 bits per heavy atom. The second kappa shape index (κ2) is 9.73. The second-order valence-corrected chi connectivity index (χ2v) is 8.35. The van der Waals surface area contributed by atoms with Crippen molar-refractivity contribution in [3.8, 4) is 21.1 Å². The van der Waals surface area contributed by atoms with Crippen LogP contribution in [-0.4, -0.2) is 25.8 Å². The van der Waals surface area contributed by atoms with E-state index in [0.717, 1.165) is 57.4 Å². The van der Waals surface area contributed by atoms with Crippen LogP contribution in [0.5, 0.6) is 0 Å². The topological polar surface area (TPSA) is 82.8 Å². The Balaban J connectivity index is 0.000000245. The van der Waals surface area contributed by atoms with E-state index in [1.54, 1.807) is 17.5 Å². The fourth-order valence-corrected chi connectivity index (χ4v) is 4.51. The van der Waals surface area contributed by atoms with Crippen molar-refractivity contribution >= 4 is 17.0 Å². The number of nitrogens with one attached hydrogen (secondary N) is 1. The summed E-state index contributed by atoms with van der Waals surface area (Å²) >= 11 is 1.63. The van der Waals surface area contributed by atoms with E-state index in [1.165, 1.54) is 5.56 Å². The van der Waals surface area contributed by atoms with Crippen LogP contribution in [0.3, 0.4) is 0 Å². The van der Waals surface area contributed by atoms with E-state index in [0.29, 0.717) is 5.71 Å².